The minimum atomic E-state index is -0.366. The predicted octanol–water partition coefficient (Wildman–Crippen LogP) is 4.80. The summed E-state index contributed by atoms with van der Waals surface area (Å²) in [6, 6.07) is 13.3. The van der Waals surface area contributed by atoms with Gasteiger partial charge in [0.1, 0.15) is 5.82 Å². The predicted molar refractivity (Wildman–Crippen MR) is 128 cm³/mol. The van der Waals surface area contributed by atoms with Crippen LogP contribution in [-0.4, -0.2) is 53.5 Å². The second-order valence-corrected chi connectivity index (χ2v) is 9.86. The highest BCUT2D eigenvalue weighted by Crippen LogP contribution is 2.25. The molecule has 0 aliphatic carbocycles. The maximum absolute atomic E-state index is 13.0. The smallest absolute Gasteiger partial charge is 0.228 e. The third-order valence-corrected chi connectivity index (χ3v) is 7.47. The van der Waals surface area contributed by atoms with Gasteiger partial charge in [0.2, 0.25) is 5.91 Å². The molecule has 0 spiro atoms. The van der Waals surface area contributed by atoms with Crippen molar-refractivity contribution in [1.29, 1.82) is 0 Å². The summed E-state index contributed by atoms with van der Waals surface area (Å²) in [4.78, 5) is 33.5. The minimum absolute atomic E-state index is 0.0555. The summed E-state index contributed by atoms with van der Waals surface area (Å²) < 4.78 is 13.7. The van der Waals surface area contributed by atoms with Crippen LogP contribution in [0.3, 0.4) is 0 Å². The van der Waals surface area contributed by atoms with Crippen LogP contribution in [0.4, 0.5) is 10.1 Å². The van der Waals surface area contributed by atoms with Crippen molar-refractivity contribution in [2.24, 2.45) is 0 Å². The molecule has 166 valence electrons. The first kappa shape index (κ1) is 22.8. The normalized spacial score (nSPS) is 13.9. The second kappa shape index (κ2) is 10.5. The van der Waals surface area contributed by atoms with Gasteiger partial charge in [-0.2, -0.15) is 0 Å². The quantitative estimate of drug-likeness (QED) is 0.352. The van der Waals surface area contributed by atoms with Crippen molar-refractivity contribution in [1.82, 2.24) is 9.88 Å². The fourth-order valence-electron chi connectivity index (χ4n) is 3.44. The van der Waals surface area contributed by atoms with Gasteiger partial charge in [-0.15, -0.1) is 11.3 Å². The Morgan fingerprint density at radius 3 is 2.56 bits per heavy atom. The third kappa shape index (κ3) is 5.88. The van der Waals surface area contributed by atoms with E-state index in [0.29, 0.717) is 29.4 Å². The fourth-order valence-corrected chi connectivity index (χ4v) is 5.36. The van der Waals surface area contributed by atoms with E-state index < -0.39 is 0 Å². The van der Waals surface area contributed by atoms with Crippen LogP contribution in [0, 0.1) is 5.82 Å². The number of thiazole rings is 1. The summed E-state index contributed by atoms with van der Waals surface area (Å²) in [6.45, 7) is 2.83. The van der Waals surface area contributed by atoms with Crippen LogP contribution in [0.1, 0.15) is 16.1 Å². The molecule has 1 aliphatic rings. The number of piperazine rings is 1. The van der Waals surface area contributed by atoms with Gasteiger partial charge in [0.25, 0.3) is 0 Å². The first-order chi connectivity index (χ1) is 15.5. The highest BCUT2D eigenvalue weighted by molar-refractivity contribution is 8.01. The Balaban J connectivity index is 1.25. The van der Waals surface area contributed by atoms with Crippen LogP contribution in [0.15, 0.2) is 58.3 Å². The summed E-state index contributed by atoms with van der Waals surface area (Å²) in [5, 5.41) is 2.57. The van der Waals surface area contributed by atoms with Gasteiger partial charge in [-0.25, -0.2) is 9.37 Å². The lowest BCUT2D eigenvalue weighted by atomic mass is 10.1. The van der Waals surface area contributed by atoms with Crippen LogP contribution >= 0.6 is 34.7 Å². The number of thioether (sulfide) groups is 1. The molecule has 0 bridgehead atoms. The van der Waals surface area contributed by atoms with E-state index >= 15 is 0 Å². The van der Waals surface area contributed by atoms with E-state index in [2.05, 4.69) is 9.88 Å². The van der Waals surface area contributed by atoms with E-state index in [9.17, 15) is 14.0 Å². The van der Waals surface area contributed by atoms with Crippen LogP contribution in [0.5, 0.6) is 0 Å². The molecule has 9 heteroatoms. The van der Waals surface area contributed by atoms with Gasteiger partial charge in [-0.3, -0.25) is 9.59 Å². The first-order valence-corrected chi connectivity index (χ1v) is 12.4. The lowest BCUT2D eigenvalue weighted by molar-refractivity contribution is -0.130. The Kier molecular flexibility index (Phi) is 7.44. The maximum Gasteiger partial charge on any atom is 0.228 e. The van der Waals surface area contributed by atoms with Crippen molar-refractivity contribution in [2.45, 2.75) is 10.8 Å². The average molecular weight is 490 g/mol. The number of hydrogen-bond acceptors (Lipinski definition) is 6. The number of aromatic nitrogens is 1. The lowest BCUT2D eigenvalue weighted by Crippen LogP contribution is -2.49. The van der Waals surface area contributed by atoms with Crippen LogP contribution in [0.25, 0.3) is 0 Å². The molecule has 2 aromatic carbocycles. The number of rotatable bonds is 7. The lowest BCUT2D eigenvalue weighted by Gasteiger charge is -2.36. The molecule has 1 aromatic heterocycles. The van der Waals surface area contributed by atoms with Crippen LogP contribution < -0.4 is 4.90 Å². The molecule has 3 aromatic rings. The van der Waals surface area contributed by atoms with Gasteiger partial charge < -0.3 is 9.80 Å². The Bertz CT molecular complexity index is 1100. The van der Waals surface area contributed by atoms with E-state index in [0.717, 1.165) is 23.1 Å². The molecule has 1 fully saturated rings. The number of nitrogens with zero attached hydrogens (tertiary/aromatic N) is 3. The standard InChI is InChI=1S/C23H21ClFN3O2S2/c24-17-2-1-3-20(12-17)27-8-10-28(11-9-27)22(30)13-19-14-31-23(26-19)32-15-21(29)16-4-6-18(25)7-5-16/h1-7,12,14H,8-11,13,15H2. The average Bonchev–Trinajstić information content (AvgIpc) is 3.25. The zero-order chi connectivity index (χ0) is 22.5. The summed E-state index contributed by atoms with van der Waals surface area (Å²) in [5.74, 6) is -0.174. The SMILES string of the molecule is O=C(CSc1nc(CC(=O)N2CCN(c3cccc(Cl)c3)CC2)cs1)c1ccc(F)cc1. The van der Waals surface area contributed by atoms with Crippen molar-refractivity contribution in [3.05, 3.63) is 76.0 Å². The Morgan fingerprint density at radius 2 is 1.84 bits per heavy atom. The summed E-state index contributed by atoms with van der Waals surface area (Å²) in [7, 11) is 0. The zero-order valence-electron chi connectivity index (χ0n) is 17.2. The Morgan fingerprint density at radius 1 is 1.09 bits per heavy atom. The molecule has 1 aliphatic heterocycles. The molecule has 5 nitrogen and oxygen atoms in total. The Labute approximate surface area is 199 Å². The first-order valence-electron chi connectivity index (χ1n) is 10.1. The molecule has 1 amide bonds. The number of halogens is 2. The van der Waals surface area contributed by atoms with E-state index in [1.54, 1.807) is 0 Å². The third-order valence-electron chi connectivity index (χ3n) is 5.16. The van der Waals surface area contributed by atoms with Gasteiger partial charge in [0.05, 0.1) is 17.9 Å². The van der Waals surface area contributed by atoms with Gasteiger partial charge in [-0.05, 0) is 42.5 Å². The number of carbonyl (C=O) groups excluding carboxylic acids is 2. The number of anilines is 1. The number of benzene rings is 2. The van der Waals surface area contributed by atoms with E-state index in [1.165, 1.54) is 47.4 Å². The molecule has 0 N–H and O–H groups in total. The van der Waals surface area contributed by atoms with Crippen molar-refractivity contribution >= 4 is 52.1 Å². The van der Waals surface area contributed by atoms with Crippen LogP contribution in [-0.2, 0) is 11.2 Å². The highest BCUT2D eigenvalue weighted by atomic mass is 35.5. The van der Waals surface area contributed by atoms with E-state index in [4.69, 9.17) is 11.6 Å². The van der Waals surface area contributed by atoms with Crippen molar-refractivity contribution < 1.29 is 14.0 Å². The molecule has 2 heterocycles. The maximum atomic E-state index is 13.0. The van der Waals surface area contributed by atoms with Gasteiger partial charge >= 0.3 is 0 Å². The zero-order valence-corrected chi connectivity index (χ0v) is 19.6. The number of carbonyl (C=O) groups is 2. The summed E-state index contributed by atoms with van der Waals surface area (Å²) in [6.07, 6.45) is 0.250. The number of Topliss-reactive ketones (excluding diaryl/α,β-unsaturated/α-hetero) is 1. The van der Waals surface area contributed by atoms with E-state index in [1.807, 2.05) is 34.5 Å². The van der Waals surface area contributed by atoms with Crippen molar-refractivity contribution in [3.8, 4) is 0 Å². The number of amides is 1. The molecule has 1 saturated heterocycles. The molecule has 0 atom stereocenters. The number of ketones is 1. The van der Waals surface area contributed by atoms with Gasteiger partial charge in [0, 0.05) is 47.8 Å². The molecule has 4 rings (SSSR count). The Hall–Kier alpha value is -2.42. The molecule has 0 radical (unpaired) electrons. The largest absolute Gasteiger partial charge is 0.368 e. The molecule has 32 heavy (non-hydrogen) atoms. The van der Waals surface area contributed by atoms with Crippen LogP contribution in [0.2, 0.25) is 5.02 Å². The molecular formula is C23H21ClFN3O2S2. The van der Waals surface area contributed by atoms with Crippen molar-refractivity contribution in [2.75, 3.05) is 36.8 Å². The highest BCUT2D eigenvalue weighted by Gasteiger charge is 2.22. The van der Waals surface area contributed by atoms with Gasteiger partial charge in [-0.1, -0.05) is 29.4 Å². The summed E-state index contributed by atoms with van der Waals surface area (Å²) in [5.41, 5.74) is 2.26. The summed E-state index contributed by atoms with van der Waals surface area (Å²) >= 11 is 8.84. The molecule has 0 saturated carbocycles. The van der Waals surface area contributed by atoms with Crippen molar-refractivity contribution in [3.63, 3.8) is 0 Å². The second-order valence-electron chi connectivity index (χ2n) is 7.35. The molecular weight excluding hydrogens is 469 g/mol. The van der Waals surface area contributed by atoms with E-state index in [-0.39, 0.29) is 29.7 Å². The monoisotopic (exact) mass is 489 g/mol. The molecule has 0 unspecified atom stereocenters. The number of hydrogen-bond donors (Lipinski definition) is 0. The topological polar surface area (TPSA) is 53.5 Å². The fraction of sp³-hybridized carbons (Fsp3) is 0.261. The van der Waals surface area contributed by atoms with Gasteiger partial charge in [0.15, 0.2) is 10.1 Å². The minimum Gasteiger partial charge on any atom is -0.368 e.